The van der Waals surface area contributed by atoms with Gasteiger partial charge in [-0.15, -0.1) is 0 Å². The molecule has 0 fully saturated rings. The molecule has 0 amide bonds. The number of alkyl halides is 3. The number of nitrogens with zero attached hydrogens (tertiary/aromatic N) is 4. The van der Waals surface area contributed by atoms with Crippen molar-refractivity contribution in [2.75, 3.05) is 6.61 Å². The summed E-state index contributed by atoms with van der Waals surface area (Å²) < 4.78 is 46.1. The summed E-state index contributed by atoms with van der Waals surface area (Å²) in [7, 11) is 0. The summed E-state index contributed by atoms with van der Waals surface area (Å²) in [6.45, 7) is -1.42. The first kappa shape index (κ1) is 14.9. The third-order valence-corrected chi connectivity index (χ3v) is 2.65. The fourth-order valence-electron chi connectivity index (χ4n) is 1.70. The minimum absolute atomic E-state index is 0.0584. The van der Waals surface area contributed by atoms with Crippen LogP contribution in [0.25, 0.3) is 23.1 Å². The summed E-state index contributed by atoms with van der Waals surface area (Å²) in [5.41, 5.74) is 0.714. The maximum atomic E-state index is 12.2. The van der Waals surface area contributed by atoms with Crippen LogP contribution in [-0.4, -0.2) is 32.9 Å². The molecule has 118 valence electrons. The van der Waals surface area contributed by atoms with E-state index in [4.69, 9.17) is 4.52 Å². The quantitative estimate of drug-likeness (QED) is 0.734. The average Bonchev–Trinajstić information content (AvgIpc) is 3.03. The molecule has 0 aliphatic carbocycles. The van der Waals surface area contributed by atoms with Gasteiger partial charge in [0.1, 0.15) is 11.4 Å². The van der Waals surface area contributed by atoms with E-state index in [2.05, 4.69) is 24.8 Å². The zero-order valence-corrected chi connectivity index (χ0v) is 11.5. The number of aromatic nitrogens is 4. The van der Waals surface area contributed by atoms with E-state index in [1.165, 1.54) is 18.2 Å². The van der Waals surface area contributed by atoms with Gasteiger partial charge in [0.05, 0.1) is 0 Å². The van der Waals surface area contributed by atoms with E-state index in [0.717, 1.165) is 0 Å². The molecule has 9 heteroatoms. The topological polar surface area (TPSA) is 73.9 Å². The summed E-state index contributed by atoms with van der Waals surface area (Å²) in [6.07, 6.45) is -2.86. The van der Waals surface area contributed by atoms with Crippen LogP contribution in [-0.2, 0) is 0 Å². The molecule has 0 aliphatic heterocycles. The predicted octanol–water partition coefficient (Wildman–Crippen LogP) is 3.13. The Balaban J connectivity index is 1.81. The van der Waals surface area contributed by atoms with Crippen LogP contribution in [0.4, 0.5) is 13.2 Å². The molecular weight excluding hydrogens is 313 g/mol. The fourth-order valence-corrected chi connectivity index (χ4v) is 1.70. The second kappa shape index (κ2) is 6.03. The maximum absolute atomic E-state index is 12.2. The van der Waals surface area contributed by atoms with Crippen molar-refractivity contribution in [3.63, 3.8) is 0 Å². The number of hydrogen-bond donors (Lipinski definition) is 0. The molecule has 3 heterocycles. The molecule has 0 bridgehead atoms. The molecule has 0 unspecified atom stereocenters. The standard InChI is InChI=1S/C14H9F3N4O2/c15-14(16,17)8-22-11-6-3-5-10(19-11)13-20-12(21-23-13)9-4-1-2-7-18-9/h1-7H,8H2. The van der Waals surface area contributed by atoms with E-state index in [1.54, 1.807) is 24.4 Å². The molecule has 3 rings (SSSR count). The van der Waals surface area contributed by atoms with Gasteiger partial charge in [-0.1, -0.05) is 17.3 Å². The molecule has 6 nitrogen and oxygen atoms in total. The predicted molar refractivity (Wildman–Crippen MR) is 72.3 cm³/mol. The van der Waals surface area contributed by atoms with Crippen molar-refractivity contribution in [2.45, 2.75) is 6.18 Å². The van der Waals surface area contributed by atoms with Crippen LogP contribution in [0.5, 0.6) is 5.88 Å². The highest BCUT2D eigenvalue weighted by molar-refractivity contribution is 5.54. The van der Waals surface area contributed by atoms with Gasteiger partial charge >= 0.3 is 6.18 Å². The smallest absolute Gasteiger partial charge is 0.422 e. The minimum Gasteiger partial charge on any atom is -0.468 e. The SMILES string of the molecule is FC(F)(F)COc1cccc(-c2nc(-c3ccccn3)no2)n1. The minimum atomic E-state index is -4.44. The average molecular weight is 322 g/mol. The second-order valence-electron chi connectivity index (χ2n) is 4.40. The molecule has 0 spiro atoms. The molecule has 0 N–H and O–H groups in total. The van der Waals surface area contributed by atoms with Crippen LogP contribution in [0.15, 0.2) is 47.1 Å². The normalized spacial score (nSPS) is 11.4. The number of pyridine rings is 2. The molecule has 0 saturated heterocycles. The van der Waals surface area contributed by atoms with Gasteiger partial charge in [-0.05, 0) is 18.2 Å². The van der Waals surface area contributed by atoms with Gasteiger partial charge in [-0.3, -0.25) is 4.98 Å². The van der Waals surface area contributed by atoms with Crippen molar-refractivity contribution in [3.05, 3.63) is 42.6 Å². The molecular formula is C14H9F3N4O2. The van der Waals surface area contributed by atoms with Crippen molar-refractivity contribution in [3.8, 4) is 29.0 Å². The molecule has 3 aromatic heterocycles. The number of hydrogen-bond acceptors (Lipinski definition) is 6. The summed E-state index contributed by atoms with van der Waals surface area (Å²) in [5.74, 6) is 0.129. The lowest BCUT2D eigenvalue weighted by molar-refractivity contribution is -0.154. The van der Waals surface area contributed by atoms with Gasteiger partial charge < -0.3 is 9.26 Å². The van der Waals surface area contributed by atoms with Crippen molar-refractivity contribution in [2.24, 2.45) is 0 Å². The first-order valence-corrected chi connectivity index (χ1v) is 6.43. The largest absolute Gasteiger partial charge is 0.468 e. The Morgan fingerprint density at radius 2 is 1.83 bits per heavy atom. The highest BCUT2D eigenvalue weighted by atomic mass is 19.4. The van der Waals surface area contributed by atoms with Crippen molar-refractivity contribution in [1.29, 1.82) is 0 Å². The molecule has 0 radical (unpaired) electrons. The van der Waals surface area contributed by atoms with Crippen molar-refractivity contribution >= 4 is 0 Å². The van der Waals surface area contributed by atoms with E-state index in [1.807, 2.05) is 0 Å². The van der Waals surface area contributed by atoms with Gasteiger partial charge in [0, 0.05) is 12.3 Å². The number of ether oxygens (including phenoxy) is 1. The highest BCUT2D eigenvalue weighted by Gasteiger charge is 2.28. The van der Waals surface area contributed by atoms with Crippen LogP contribution in [0, 0.1) is 0 Å². The number of halogens is 3. The Morgan fingerprint density at radius 3 is 2.57 bits per heavy atom. The van der Waals surface area contributed by atoms with Crippen LogP contribution in [0.2, 0.25) is 0 Å². The summed E-state index contributed by atoms with van der Waals surface area (Å²) >= 11 is 0. The van der Waals surface area contributed by atoms with Gasteiger partial charge in [-0.25, -0.2) is 4.98 Å². The summed E-state index contributed by atoms with van der Waals surface area (Å²) in [5, 5.41) is 3.77. The fraction of sp³-hybridized carbons (Fsp3) is 0.143. The molecule has 0 aromatic carbocycles. The second-order valence-corrected chi connectivity index (χ2v) is 4.40. The van der Waals surface area contributed by atoms with Crippen molar-refractivity contribution in [1.82, 2.24) is 20.1 Å². The Labute approximate surface area is 128 Å². The van der Waals surface area contributed by atoms with Crippen LogP contribution in [0.3, 0.4) is 0 Å². The van der Waals surface area contributed by atoms with Gasteiger partial charge in [0.2, 0.25) is 11.7 Å². The molecule has 23 heavy (non-hydrogen) atoms. The van der Waals surface area contributed by atoms with E-state index >= 15 is 0 Å². The van der Waals surface area contributed by atoms with E-state index in [9.17, 15) is 13.2 Å². The molecule has 0 saturated carbocycles. The van der Waals surface area contributed by atoms with E-state index < -0.39 is 12.8 Å². The lowest BCUT2D eigenvalue weighted by Crippen LogP contribution is -2.19. The van der Waals surface area contributed by atoms with Gasteiger partial charge in [0.15, 0.2) is 6.61 Å². The first-order chi connectivity index (χ1) is 11.0. The molecule has 3 aromatic rings. The Bertz CT molecular complexity index is 790. The first-order valence-electron chi connectivity index (χ1n) is 6.43. The van der Waals surface area contributed by atoms with E-state index in [0.29, 0.717) is 5.69 Å². The third-order valence-electron chi connectivity index (χ3n) is 2.65. The number of rotatable bonds is 4. The van der Waals surface area contributed by atoms with Crippen molar-refractivity contribution < 1.29 is 22.4 Å². The van der Waals surface area contributed by atoms with E-state index in [-0.39, 0.29) is 23.3 Å². The Hall–Kier alpha value is -2.97. The summed E-state index contributed by atoms with van der Waals surface area (Å²) in [4.78, 5) is 12.1. The van der Waals surface area contributed by atoms with Crippen LogP contribution < -0.4 is 4.74 Å². The highest BCUT2D eigenvalue weighted by Crippen LogP contribution is 2.22. The Morgan fingerprint density at radius 1 is 1.00 bits per heavy atom. The summed E-state index contributed by atoms with van der Waals surface area (Å²) in [6, 6.07) is 9.53. The maximum Gasteiger partial charge on any atom is 0.422 e. The van der Waals surface area contributed by atoms with Crippen LogP contribution >= 0.6 is 0 Å². The molecule has 0 atom stereocenters. The third kappa shape index (κ3) is 3.82. The zero-order chi connectivity index (χ0) is 16.3. The monoisotopic (exact) mass is 322 g/mol. The van der Waals surface area contributed by atoms with Gasteiger partial charge in [-0.2, -0.15) is 18.2 Å². The zero-order valence-electron chi connectivity index (χ0n) is 11.5. The lowest BCUT2D eigenvalue weighted by atomic mass is 10.3. The Kier molecular flexibility index (Phi) is 3.92. The van der Waals surface area contributed by atoms with Gasteiger partial charge in [0.25, 0.3) is 5.89 Å². The molecule has 0 aliphatic rings. The lowest BCUT2D eigenvalue weighted by Gasteiger charge is -2.08. The van der Waals surface area contributed by atoms with Crippen LogP contribution in [0.1, 0.15) is 0 Å².